The first kappa shape index (κ1) is 78.8. The average Bonchev–Trinajstić information content (AvgIpc) is 3.49. The molecule has 0 aliphatic rings. The smallest absolute Gasteiger partial charge is 0.306 e. The number of esters is 3. The molecule has 1 atom stereocenters. The van der Waals surface area contributed by atoms with Crippen LogP contribution >= 0.6 is 0 Å². The Labute approximate surface area is 513 Å². The topological polar surface area (TPSA) is 78.9 Å². The maximum Gasteiger partial charge on any atom is 0.306 e. The predicted octanol–water partition coefficient (Wildman–Crippen LogP) is 24.3. The summed E-state index contributed by atoms with van der Waals surface area (Å²) in [6, 6.07) is 0. The molecule has 0 saturated carbocycles. The van der Waals surface area contributed by atoms with Crippen molar-refractivity contribution in [3.05, 3.63) is 122 Å². The Bertz CT molecular complexity index is 1700. The maximum atomic E-state index is 12.9. The van der Waals surface area contributed by atoms with Gasteiger partial charge in [-0.3, -0.25) is 14.4 Å². The van der Waals surface area contributed by atoms with Gasteiger partial charge in [0.25, 0.3) is 0 Å². The van der Waals surface area contributed by atoms with Crippen molar-refractivity contribution >= 4 is 17.9 Å². The molecular formula is C77H130O6. The van der Waals surface area contributed by atoms with Gasteiger partial charge < -0.3 is 14.2 Å². The van der Waals surface area contributed by atoms with Gasteiger partial charge in [-0.15, -0.1) is 0 Å². The molecule has 0 aromatic heterocycles. The summed E-state index contributed by atoms with van der Waals surface area (Å²) in [7, 11) is 0. The third kappa shape index (κ3) is 68.5. The lowest BCUT2D eigenvalue weighted by Gasteiger charge is -2.18. The van der Waals surface area contributed by atoms with E-state index in [0.717, 1.165) is 103 Å². The fraction of sp³-hybridized carbons (Fsp3) is 0.701. The van der Waals surface area contributed by atoms with Crippen LogP contribution in [-0.4, -0.2) is 37.2 Å². The summed E-state index contributed by atoms with van der Waals surface area (Å²) in [5, 5.41) is 0. The summed E-state index contributed by atoms with van der Waals surface area (Å²) in [6.07, 6.45) is 98.1. The van der Waals surface area contributed by atoms with Crippen molar-refractivity contribution < 1.29 is 28.6 Å². The number of carbonyl (C=O) groups excluding carboxylic acids is 3. The summed E-state index contributed by atoms with van der Waals surface area (Å²) in [4.78, 5) is 38.4. The van der Waals surface area contributed by atoms with Crippen LogP contribution in [0.25, 0.3) is 0 Å². The largest absolute Gasteiger partial charge is 0.462 e. The molecule has 1 unspecified atom stereocenters. The van der Waals surface area contributed by atoms with Crippen LogP contribution in [-0.2, 0) is 28.6 Å². The Hall–Kier alpha value is -4.19. The lowest BCUT2D eigenvalue weighted by Crippen LogP contribution is -2.30. The number of rotatable bonds is 63. The van der Waals surface area contributed by atoms with Gasteiger partial charge in [0.1, 0.15) is 13.2 Å². The van der Waals surface area contributed by atoms with Gasteiger partial charge >= 0.3 is 17.9 Å². The van der Waals surface area contributed by atoms with Gasteiger partial charge in [0.2, 0.25) is 0 Å². The third-order valence-electron chi connectivity index (χ3n) is 14.9. The molecule has 474 valence electrons. The maximum absolute atomic E-state index is 12.9. The molecule has 0 aliphatic carbocycles. The monoisotopic (exact) mass is 1150 g/mol. The highest BCUT2D eigenvalue weighted by atomic mass is 16.6. The van der Waals surface area contributed by atoms with Crippen LogP contribution in [0.1, 0.15) is 329 Å². The van der Waals surface area contributed by atoms with E-state index < -0.39 is 12.1 Å². The van der Waals surface area contributed by atoms with Gasteiger partial charge in [0.15, 0.2) is 6.10 Å². The molecule has 0 aromatic carbocycles. The number of unbranched alkanes of at least 4 members (excludes halogenated alkanes) is 32. The van der Waals surface area contributed by atoms with E-state index in [1.807, 2.05) is 6.08 Å². The molecule has 0 heterocycles. The van der Waals surface area contributed by atoms with E-state index in [2.05, 4.69) is 136 Å². The molecule has 0 radical (unpaired) electrons. The zero-order valence-corrected chi connectivity index (χ0v) is 54.4. The minimum Gasteiger partial charge on any atom is -0.462 e. The van der Waals surface area contributed by atoms with E-state index in [9.17, 15) is 14.4 Å². The van der Waals surface area contributed by atoms with E-state index in [4.69, 9.17) is 14.2 Å². The molecule has 6 nitrogen and oxygen atoms in total. The summed E-state index contributed by atoms with van der Waals surface area (Å²) < 4.78 is 16.9. The molecule has 0 fully saturated rings. The predicted molar refractivity (Wildman–Crippen MR) is 362 cm³/mol. The first-order valence-electron chi connectivity index (χ1n) is 35.0. The second-order valence-electron chi connectivity index (χ2n) is 23.1. The van der Waals surface area contributed by atoms with Crippen molar-refractivity contribution in [3.63, 3.8) is 0 Å². The lowest BCUT2D eigenvalue weighted by molar-refractivity contribution is -0.166. The fourth-order valence-corrected chi connectivity index (χ4v) is 9.71. The second kappa shape index (κ2) is 70.3. The highest BCUT2D eigenvalue weighted by Crippen LogP contribution is 2.16. The zero-order chi connectivity index (χ0) is 59.9. The second-order valence-corrected chi connectivity index (χ2v) is 23.1. The third-order valence-corrected chi connectivity index (χ3v) is 14.9. The summed E-state index contributed by atoms with van der Waals surface area (Å²) in [5.41, 5.74) is 0. The van der Waals surface area contributed by atoms with Crippen LogP contribution < -0.4 is 0 Å². The number of hydrogen-bond donors (Lipinski definition) is 0. The Kier molecular flexibility index (Phi) is 66.7. The standard InChI is InChI=1S/C77H130O6/c1-4-7-10-13-16-19-22-25-28-30-32-33-34-35-36-37-38-39-40-41-42-43-45-46-49-52-55-58-61-64-67-70-76(79)82-73-74(72-81-75(78)69-66-63-60-57-54-51-48-27-24-21-18-15-12-9-6-3)83-77(80)71-68-65-62-59-56-53-50-47-44-31-29-26-23-20-17-14-11-8-5-2/h8,11,17,20,22,25-27,29-30,32,34-35,44,47-48,53,56,62,65,74H,4-7,9-10,12-16,18-19,21,23-24,28,31,33,36-43,45-46,49-52,54-55,57-61,63-64,66-73H2,1-3H3/b11-8-,20-17-,25-22-,29-26-,32-30-,35-34-,47-44-,48-27-,56-53-,65-62-. The van der Waals surface area contributed by atoms with Gasteiger partial charge in [-0.05, 0) is 122 Å². The lowest BCUT2D eigenvalue weighted by atomic mass is 10.0. The number of allylic oxidation sites excluding steroid dienone is 20. The van der Waals surface area contributed by atoms with E-state index in [0.29, 0.717) is 19.3 Å². The first-order valence-corrected chi connectivity index (χ1v) is 35.0. The number of hydrogen-bond acceptors (Lipinski definition) is 6. The van der Waals surface area contributed by atoms with Gasteiger partial charge in [-0.25, -0.2) is 0 Å². The Balaban J connectivity index is 4.33. The molecule has 0 bridgehead atoms. The highest BCUT2D eigenvalue weighted by molar-refractivity contribution is 5.71. The van der Waals surface area contributed by atoms with E-state index >= 15 is 0 Å². The SMILES string of the molecule is CC/C=C\C/C=C\C/C=C\C/C=C\C/C=C\C/C=C\CCC(=O)OC(COC(=O)CCCCCCC/C=C\CCCCCCCC)COC(=O)CCCCCCCCCCCCCCCCCC/C=C\C/C=C\C/C=C\CCCCCCC. The van der Waals surface area contributed by atoms with Crippen molar-refractivity contribution in [1.82, 2.24) is 0 Å². The molecular weight excluding hydrogens is 1020 g/mol. The van der Waals surface area contributed by atoms with Crippen molar-refractivity contribution in [1.29, 1.82) is 0 Å². The Morgan fingerprint density at radius 1 is 0.253 bits per heavy atom. The molecule has 0 rings (SSSR count). The molecule has 0 aliphatic heterocycles. The van der Waals surface area contributed by atoms with E-state index in [1.165, 1.54) is 180 Å². The van der Waals surface area contributed by atoms with E-state index in [-0.39, 0.29) is 31.6 Å². The molecule has 0 aromatic rings. The molecule has 83 heavy (non-hydrogen) atoms. The van der Waals surface area contributed by atoms with Crippen LogP contribution in [0.4, 0.5) is 0 Å². The summed E-state index contributed by atoms with van der Waals surface area (Å²) in [6.45, 7) is 6.47. The van der Waals surface area contributed by atoms with Crippen molar-refractivity contribution in [3.8, 4) is 0 Å². The van der Waals surface area contributed by atoms with Gasteiger partial charge in [0.05, 0.1) is 0 Å². The quantitative estimate of drug-likeness (QED) is 0.0261. The van der Waals surface area contributed by atoms with Crippen LogP contribution in [0.3, 0.4) is 0 Å². The van der Waals surface area contributed by atoms with Gasteiger partial charge in [-0.2, -0.15) is 0 Å². The van der Waals surface area contributed by atoms with Crippen LogP contribution in [0.2, 0.25) is 0 Å². The molecule has 0 saturated heterocycles. The first-order chi connectivity index (χ1) is 41.0. The van der Waals surface area contributed by atoms with Gasteiger partial charge in [0, 0.05) is 19.3 Å². The van der Waals surface area contributed by atoms with E-state index in [1.54, 1.807) is 0 Å². The number of ether oxygens (including phenoxy) is 3. The van der Waals surface area contributed by atoms with Gasteiger partial charge in [-0.1, -0.05) is 309 Å². The van der Waals surface area contributed by atoms with Crippen molar-refractivity contribution in [2.24, 2.45) is 0 Å². The fourth-order valence-electron chi connectivity index (χ4n) is 9.71. The molecule has 0 spiro atoms. The van der Waals surface area contributed by atoms with Crippen molar-refractivity contribution in [2.75, 3.05) is 13.2 Å². The van der Waals surface area contributed by atoms with Crippen molar-refractivity contribution in [2.45, 2.75) is 335 Å². The van der Waals surface area contributed by atoms with Crippen LogP contribution in [0.15, 0.2) is 122 Å². The normalized spacial score (nSPS) is 12.9. The molecule has 0 amide bonds. The summed E-state index contributed by atoms with van der Waals surface area (Å²) in [5.74, 6) is -0.996. The zero-order valence-electron chi connectivity index (χ0n) is 54.4. The summed E-state index contributed by atoms with van der Waals surface area (Å²) >= 11 is 0. The molecule has 0 N–H and O–H groups in total. The minimum absolute atomic E-state index is 0.111. The molecule has 6 heteroatoms. The average molecular weight is 1150 g/mol. The Morgan fingerprint density at radius 3 is 0.795 bits per heavy atom. The highest BCUT2D eigenvalue weighted by Gasteiger charge is 2.19. The minimum atomic E-state index is -0.826. The van der Waals surface area contributed by atoms with Crippen LogP contribution in [0.5, 0.6) is 0 Å². The Morgan fingerprint density at radius 2 is 0.494 bits per heavy atom. The van der Waals surface area contributed by atoms with Crippen LogP contribution in [0, 0.1) is 0 Å². The number of carbonyl (C=O) groups is 3.